The molecule has 0 fully saturated rings. The van der Waals surface area contributed by atoms with Gasteiger partial charge in [0.15, 0.2) is 0 Å². The second kappa shape index (κ2) is 14.4. The summed E-state index contributed by atoms with van der Waals surface area (Å²) in [5.74, 6) is 2.77. The van der Waals surface area contributed by atoms with Crippen molar-refractivity contribution >= 4 is 28.5 Å². The molecule has 3 aromatic carbocycles. The van der Waals surface area contributed by atoms with Crippen molar-refractivity contribution in [2.24, 2.45) is 0 Å². The van der Waals surface area contributed by atoms with Gasteiger partial charge in [0.05, 0.1) is 31.2 Å². The van der Waals surface area contributed by atoms with Crippen molar-refractivity contribution in [2.45, 2.75) is 51.5 Å². The molecule has 0 aliphatic carbocycles. The normalized spacial score (nSPS) is 11.0. The Kier molecular flexibility index (Phi) is 10.5. The van der Waals surface area contributed by atoms with Crippen molar-refractivity contribution in [3.8, 4) is 11.5 Å². The van der Waals surface area contributed by atoms with Gasteiger partial charge in [0.25, 0.3) is 0 Å². The zero-order chi connectivity index (χ0) is 26.6. The molecular weight excluding hydrogens is 498 g/mol. The van der Waals surface area contributed by atoms with Gasteiger partial charge >= 0.3 is 0 Å². The monoisotopic (exact) mass is 533 g/mol. The van der Waals surface area contributed by atoms with E-state index in [-0.39, 0.29) is 5.91 Å². The molecule has 6 nitrogen and oxygen atoms in total. The van der Waals surface area contributed by atoms with Crippen LogP contribution in [0.4, 0.5) is 0 Å². The highest BCUT2D eigenvalue weighted by atomic mass is 35.5. The summed E-state index contributed by atoms with van der Waals surface area (Å²) in [5.41, 5.74) is 3.09. The first kappa shape index (κ1) is 27.5. The van der Waals surface area contributed by atoms with Crippen molar-refractivity contribution in [1.82, 2.24) is 14.9 Å². The number of carbonyl (C=O) groups excluding carboxylic acids is 1. The molecule has 1 amide bonds. The van der Waals surface area contributed by atoms with Crippen LogP contribution in [-0.4, -0.2) is 35.7 Å². The maximum Gasteiger partial charge on any atom is 0.224 e. The SMILES string of the molecule is COc1cccc(OCCCCn2c(CCCCCNC(=O)Cc3ccccc3Cl)nc3ccccc32)c1. The molecule has 1 N–H and O–H groups in total. The van der Waals surface area contributed by atoms with Gasteiger partial charge < -0.3 is 19.4 Å². The fourth-order valence-electron chi connectivity index (χ4n) is 4.51. The van der Waals surface area contributed by atoms with Crippen LogP contribution in [0.3, 0.4) is 0 Å². The number of aryl methyl sites for hydroxylation is 2. The molecule has 0 aliphatic heterocycles. The lowest BCUT2D eigenvalue weighted by molar-refractivity contribution is -0.120. The molecule has 0 unspecified atom stereocenters. The lowest BCUT2D eigenvalue weighted by atomic mass is 10.1. The molecule has 0 aliphatic rings. The van der Waals surface area contributed by atoms with Gasteiger partial charge in [0, 0.05) is 30.6 Å². The fourth-order valence-corrected chi connectivity index (χ4v) is 4.71. The Hall–Kier alpha value is -3.51. The molecule has 0 atom stereocenters. The van der Waals surface area contributed by atoms with E-state index in [1.807, 2.05) is 54.6 Å². The van der Waals surface area contributed by atoms with Crippen LogP contribution in [-0.2, 0) is 24.2 Å². The lowest BCUT2D eigenvalue weighted by Gasteiger charge is -2.11. The Balaban J connectivity index is 1.19. The number of methoxy groups -OCH3 is 1. The van der Waals surface area contributed by atoms with Gasteiger partial charge in [-0.15, -0.1) is 0 Å². The fraction of sp³-hybridized carbons (Fsp3) is 0.355. The molecule has 0 spiro atoms. The molecule has 38 heavy (non-hydrogen) atoms. The van der Waals surface area contributed by atoms with E-state index in [0.717, 1.165) is 73.5 Å². The summed E-state index contributed by atoms with van der Waals surface area (Å²) in [5, 5.41) is 3.64. The van der Waals surface area contributed by atoms with Crippen LogP contribution in [0.15, 0.2) is 72.8 Å². The van der Waals surface area contributed by atoms with Crippen LogP contribution < -0.4 is 14.8 Å². The average molecular weight is 534 g/mol. The number of benzene rings is 3. The Morgan fingerprint density at radius 2 is 1.74 bits per heavy atom. The molecule has 0 saturated carbocycles. The summed E-state index contributed by atoms with van der Waals surface area (Å²) in [4.78, 5) is 17.1. The molecular formula is C31H36ClN3O3. The topological polar surface area (TPSA) is 65.4 Å². The van der Waals surface area contributed by atoms with E-state index in [2.05, 4.69) is 28.1 Å². The van der Waals surface area contributed by atoms with Crippen molar-refractivity contribution in [3.63, 3.8) is 0 Å². The predicted molar refractivity (Wildman–Crippen MR) is 153 cm³/mol. The Morgan fingerprint density at radius 1 is 0.921 bits per heavy atom. The van der Waals surface area contributed by atoms with E-state index in [0.29, 0.717) is 24.6 Å². The number of ether oxygens (including phenoxy) is 2. The minimum atomic E-state index is 0.00951. The van der Waals surface area contributed by atoms with Gasteiger partial charge in [-0.25, -0.2) is 4.98 Å². The molecule has 0 bridgehead atoms. The van der Waals surface area contributed by atoms with Crippen LogP contribution in [0.2, 0.25) is 5.02 Å². The molecule has 1 aromatic heterocycles. The Morgan fingerprint density at radius 3 is 2.61 bits per heavy atom. The van der Waals surface area contributed by atoms with E-state index < -0.39 is 0 Å². The zero-order valence-electron chi connectivity index (χ0n) is 22.0. The van der Waals surface area contributed by atoms with Crippen molar-refractivity contribution < 1.29 is 14.3 Å². The van der Waals surface area contributed by atoms with Crippen LogP contribution >= 0.6 is 11.6 Å². The van der Waals surface area contributed by atoms with Crippen LogP contribution in [0.25, 0.3) is 11.0 Å². The standard InChI is InChI=1S/C31H36ClN3O3/c1-37-25-13-11-14-26(23-25)38-21-10-9-20-35-29-17-7-6-16-28(29)34-30(35)18-3-2-8-19-33-31(36)22-24-12-4-5-15-27(24)32/h4-7,11-17,23H,2-3,8-10,18-22H2,1H3,(H,33,36). The minimum absolute atomic E-state index is 0.00951. The first-order valence-corrected chi connectivity index (χ1v) is 13.7. The van der Waals surface area contributed by atoms with E-state index in [4.69, 9.17) is 26.1 Å². The molecule has 0 radical (unpaired) electrons. The number of carbonyl (C=O) groups is 1. The number of rotatable bonds is 15. The van der Waals surface area contributed by atoms with Crippen LogP contribution in [0.1, 0.15) is 43.5 Å². The summed E-state index contributed by atoms with van der Waals surface area (Å²) in [6.45, 7) is 2.25. The summed E-state index contributed by atoms with van der Waals surface area (Å²) >= 11 is 6.16. The Labute approximate surface area is 229 Å². The number of amides is 1. The van der Waals surface area contributed by atoms with E-state index in [9.17, 15) is 4.79 Å². The van der Waals surface area contributed by atoms with Crippen LogP contribution in [0.5, 0.6) is 11.5 Å². The third kappa shape index (κ3) is 7.99. The third-order valence-electron chi connectivity index (χ3n) is 6.53. The minimum Gasteiger partial charge on any atom is -0.497 e. The van der Waals surface area contributed by atoms with Crippen molar-refractivity contribution in [1.29, 1.82) is 0 Å². The predicted octanol–water partition coefficient (Wildman–Crippen LogP) is 6.63. The second-order valence-electron chi connectivity index (χ2n) is 9.33. The number of imidazole rings is 1. The highest BCUT2D eigenvalue weighted by Gasteiger charge is 2.11. The smallest absolute Gasteiger partial charge is 0.224 e. The highest BCUT2D eigenvalue weighted by molar-refractivity contribution is 6.31. The van der Waals surface area contributed by atoms with E-state index in [1.54, 1.807) is 7.11 Å². The molecule has 7 heteroatoms. The average Bonchev–Trinajstić information content (AvgIpc) is 3.29. The van der Waals surface area contributed by atoms with Crippen LogP contribution in [0, 0.1) is 0 Å². The van der Waals surface area contributed by atoms with Gasteiger partial charge in [-0.3, -0.25) is 4.79 Å². The maximum absolute atomic E-state index is 12.2. The van der Waals surface area contributed by atoms with E-state index >= 15 is 0 Å². The lowest BCUT2D eigenvalue weighted by Crippen LogP contribution is -2.26. The first-order valence-electron chi connectivity index (χ1n) is 13.3. The number of aromatic nitrogens is 2. The summed E-state index contributed by atoms with van der Waals surface area (Å²) in [6.07, 6.45) is 6.20. The number of halogens is 1. The molecule has 1 heterocycles. The number of hydrogen-bond acceptors (Lipinski definition) is 4. The Bertz CT molecular complexity index is 1320. The number of unbranched alkanes of at least 4 members (excludes halogenated alkanes) is 3. The first-order chi connectivity index (χ1) is 18.6. The zero-order valence-corrected chi connectivity index (χ0v) is 22.8. The number of fused-ring (bicyclic) bond motifs is 1. The number of para-hydroxylation sites is 2. The number of hydrogen-bond donors (Lipinski definition) is 1. The quantitative estimate of drug-likeness (QED) is 0.174. The summed E-state index contributed by atoms with van der Waals surface area (Å²) < 4.78 is 13.5. The molecule has 200 valence electrons. The summed E-state index contributed by atoms with van der Waals surface area (Å²) in [6, 6.07) is 23.5. The molecule has 0 saturated heterocycles. The summed E-state index contributed by atoms with van der Waals surface area (Å²) in [7, 11) is 1.66. The second-order valence-corrected chi connectivity index (χ2v) is 9.74. The van der Waals surface area contributed by atoms with Gasteiger partial charge in [0.1, 0.15) is 17.3 Å². The van der Waals surface area contributed by atoms with Gasteiger partial charge in [-0.05, 0) is 61.6 Å². The highest BCUT2D eigenvalue weighted by Crippen LogP contribution is 2.21. The van der Waals surface area contributed by atoms with Crippen molar-refractivity contribution in [3.05, 3.63) is 89.2 Å². The van der Waals surface area contributed by atoms with Crippen molar-refractivity contribution in [2.75, 3.05) is 20.3 Å². The van der Waals surface area contributed by atoms with Gasteiger partial charge in [0.2, 0.25) is 5.91 Å². The molecule has 4 aromatic rings. The molecule has 4 rings (SSSR count). The maximum atomic E-state index is 12.2. The third-order valence-corrected chi connectivity index (χ3v) is 6.90. The van der Waals surface area contributed by atoms with E-state index in [1.165, 1.54) is 5.52 Å². The number of nitrogens with one attached hydrogen (secondary N) is 1. The van der Waals surface area contributed by atoms with Gasteiger partial charge in [-0.1, -0.05) is 54.4 Å². The van der Waals surface area contributed by atoms with Gasteiger partial charge in [-0.2, -0.15) is 0 Å². The number of nitrogens with zero attached hydrogens (tertiary/aromatic N) is 2. The largest absolute Gasteiger partial charge is 0.497 e.